The number of benzene rings is 8. The molecule has 8 bridgehead atoms. The van der Waals surface area contributed by atoms with Crippen LogP contribution in [-0.4, -0.2) is 0 Å². The average Bonchev–Trinajstić information content (AvgIpc) is 4.28. The standard InChI is InChI=1S/C68H49N/c1-67(2)56-18-9-6-16-43(56)44-32-27-41(33-59(44)67)69(62-21-11-8-15-42(62)38-13-4-3-5-14-38)63-22-12-20-58-66(63)49-17-7-10-19-57(49)68(58)60-36-54-50(39-23-28-45-46(29-24-39)64(45)54)34-52(60)53-35-51-40-25-30-47-48(31-26-40)65(47)55(51)37-61(53)68/h3-37,39-40,45-48,64-65H,1-2H3/t39?,40?,45-,46?,47?,48?,64?,65?,68?/m0/s1. The minimum absolute atomic E-state index is 0.148. The highest BCUT2D eigenvalue weighted by molar-refractivity contribution is 6.03. The lowest BCUT2D eigenvalue weighted by Crippen LogP contribution is -2.26. The third-order valence-electron chi connectivity index (χ3n) is 18.8. The van der Waals surface area contributed by atoms with Crippen LogP contribution >= 0.6 is 0 Å². The molecule has 69 heavy (non-hydrogen) atoms. The summed E-state index contributed by atoms with van der Waals surface area (Å²) in [7, 11) is 0. The van der Waals surface area contributed by atoms with E-state index in [0.29, 0.717) is 47.3 Å². The van der Waals surface area contributed by atoms with Gasteiger partial charge in [-0.1, -0.05) is 190 Å². The van der Waals surface area contributed by atoms with E-state index in [1.807, 2.05) is 0 Å². The molecule has 1 spiro atoms. The topological polar surface area (TPSA) is 3.24 Å². The molecule has 0 N–H and O–H groups in total. The smallest absolute Gasteiger partial charge is 0.0726 e. The summed E-state index contributed by atoms with van der Waals surface area (Å²) in [6.07, 6.45) is 20.2. The maximum absolute atomic E-state index is 2.74. The van der Waals surface area contributed by atoms with E-state index in [2.05, 4.69) is 231 Å². The molecule has 6 unspecified atom stereocenters. The molecule has 8 aromatic rings. The highest BCUT2D eigenvalue weighted by atomic mass is 15.1. The second kappa shape index (κ2) is 12.8. The number of nitrogens with zero attached hydrogens (tertiary/aromatic N) is 1. The van der Waals surface area contributed by atoms with Gasteiger partial charge in [0.1, 0.15) is 0 Å². The minimum atomic E-state index is -0.490. The van der Waals surface area contributed by atoms with Gasteiger partial charge in [-0.3, -0.25) is 0 Å². The quantitative estimate of drug-likeness (QED) is 0.159. The number of rotatable bonds is 4. The Kier molecular flexibility index (Phi) is 6.95. The number of hydrogen-bond acceptors (Lipinski definition) is 1. The Hall–Kier alpha value is -7.48. The Balaban J connectivity index is 0.964. The van der Waals surface area contributed by atoms with Gasteiger partial charge in [-0.25, -0.2) is 0 Å². The SMILES string of the molecule is CC1(C)c2ccccc2-c2ccc(N(c3ccccc3-c3ccccc3)c3cccc4c3-c3ccccc3C43c4cc5c(cc4-c4cc6c(cc43)C3C4C=CC6C=C[C@@H]43)C3C=CC4C(C=C3)C54)cc21. The van der Waals surface area contributed by atoms with Crippen molar-refractivity contribution in [3.05, 3.63) is 268 Å². The van der Waals surface area contributed by atoms with E-state index < -0.39 is 5.41 Å². The van der Waals surface area contributed by atoms with Gasteiger partial charge in [0.25, 0.3) is 0 Å². The van der Waals surface area contributed by atoms with Gasteiger partial charge in [-0.2, -0.15) is 0 Å². The van der Waals surface area contributed by atoms with Crippen molar-refractivity contribution in [2.75, 3.05) is 4.90 Å². The van der Waals surface area contributed by atoms with Crippen LogP contribution in [-0.2, 0) is 10.8 Å². The van der Waals surface area contributed by atoms with Crippen molar-refractivity contribution in [3.8, 4) is 44.5 Å². The molecule has 1 nitrogen and oxygen atoms in total. The van der Waals surface area contributed by atoms with Crippen molar-refractivity contribution in [1.82, 2.24) is 0 Å². The van der Waals surface area contributed by atoms with E-state index in [4.69, 9.17) is 0 Å². The lowest BCUT2D eigenvalue weighted by Gasteiger charge is -2.33. The zero-order valence-corrected chi connectivity index (χ0v) is 38.8. The summed E-state index contributed by atoms with van der Waals surface area (Å²) in [5.41, 5.74) is 28.3. The van der Waals surface area contributed by atoms with Gasteiger partial charge in [0.05, 0.1) is 16.8 Å². The van der Waals surface area contributed by atoms with E-state index >= 15 is 0 Å². The first kappa shape index (κ1) is 37.5. The second-order valence-electron chi connectivity index (χ2n) is 22.1. The van der Waals surface area contributed by atoms with E-state index in [1.165, 1.54) is 106 Å². The highest BCUT2D eigenvalue weighted by Crippen LogP contribution is 2.70. The molecule has 11 aliphatic carbocycles. The average molecular weight is 880 g/mol. The fourth-order valence-electron chi connectivity index (χ4n) is 15.6. The number of hydrogen-bond donors (Lipinski definition) is 0. The molecule has 0 aromatic heterocycles. The van der Waals surface area contributed by atoms with E-state index in [-0.39, 0.29) is 5.41 Å². The van der Waals surface area contributed by atoms with Crippen LogP contribution in [0.25, 0.3) is 44.5 Å². The van der Waals surface area contributed by atoms with Crippen LogP contribution in [0.15, 0.2) is 212 Å². The highest BCUT2D eigenvalue weighted by Gasteiger charge is 2.58. The predicted octanol–water partition coefficient (Wildman–Crippen LogP) is 16.6. The first-order chi connectivity index (χ1) is 34.0. The zero-order valence-electron chi connectivity index (χ0n) is 38.8. The van der Waals surface area contributed by atoms with Crippen LogP contribution in [0.3, 0.4) is 0 Å². The third-order valence-corrected chi connectivity index (χ3v) is 18.8. The van der Waals surface area contributed by atoms with Crippen molar-refractivity contribution >= 4 is 17.1 Å². The Morgan fingerprint density at radius 3 is 1.52 bits per heavy atom. The van der Waals surface area contributed by atoms with Crippen LogP contribution in [0.4, 0.5) is 17.1 Å². The van der Waals surface area contributed by atoms with Crippen LogP contribution < -0.4 is 4.90 Å². The largest absolute Gasteiger partial charge is 0.309 e. The molecule has 7 atom stereocenters. The normalized spacial score (nSPS) is 27.5. The molecule has 0 aliphatic heterocycles. The monoisotopic (exact) mass is 879 g/mol. The van der Waals surface area contributed by atoms with Gasteiger partial charge in [0.15, 0.2) is 0 Å². The van der Waals surface area contributed by atoms with Gasteiger partial charge in [-0.15, -0.1) is 0 Å². The maximum atomic E-state index is 2.74. The Bertz CT molecular complexity index is 3640. The van der Waals surface area contributed by atoms with Crippen LogP contribution in [0.1, 0.15) is 93.2 Å². The predicted molar refractivity (Wildman–Crippen MR) is 282 cm³/mol. The Morgan fingerprint density at radius 2 is 0.870 bits per heavy atom. The first-order valence-electron chi connectivity index (χ1n) is 25.5. The van der Waals surface area contributed by atoms with Gasteiger partial charge in [-0.05, 0) is 161 Å². The molecular weight excluding hydrogens is 831 g/mol. The lowest BCUT2D eigenvalue weighted by atomic mass is 9.69. The Morgan fingerprint density at radius 1 is 0.348 bits per heavy atom. The van der Waals surface area contributed by atoms with Crippen LogP contribution in [0.2, 0.25) is 0 Å². The fraction of sp³-hybridized carbons (Fsp3) is 0.176. The number of allylic oxidation sites excluding steroid dienone is 8. The molecule has 2 saturated carbocycles. The van der Waals surface area contributed by atoms with Gasteiger partial charge < -0.3 is 4.90 Å². The maximum Gasteiger partial charge on any atom is 0.0726 e. The van der Waals surface area contributed by atoms with E-state index in [1.54, 1.807) is 11.1 Å². The summed E-state index contributed by atoms with van der Waals surface area (Å²) in [6, 6.07) is 64.1. The summed E-state index contributed by atoms with van der Waals surface area (Å²) >= 11 is 0. The second-order valence-corrected chi connectivity index (χ2v) is 22.1. The molecule has 0 saturated heterocycles. The molecule has 8 aromatic carbocycles. The van der Waals surface area contributed by atoms with Gasteiger partial charge >= 0.3 is 0 Å². The lowest BCUT2D eigenvalue weighted by molar-refractivity contribution is 0.660. The third kappa shape index (κ3) is 4.59. The molecule has 19 rings (SSSR count). The van der Waals surface area contributed by atoms with Crippen molar-refractivity contribution in [3.63, 3.8) is 0 Å². The number of anilines is 3. The van der Waals surface area contributed by atoms with Gasteiger partial charge in [0.2, 0.25) is 0 Å². The van der Waals surface area contributed by atoms with Crippen molar-refractivity contribution in [2.24, 2.45) is 23.7 Å². The molecule has 11 aliphatic rings. The van der Waals surface area contributed by atoms with Crippen LogP contribution in [0, 0.1) is 23.7 Å². The van der Waals surface area contributed by atoms with E-state index in [9.17, 15) is 0 Å². The zero-order chi connectivity index (χ0) is 45.1. The molecule has 0 heterocycles. The molecule has 2 fully saturated rings. The van der Waals surface area contributed by atoms with Crippen molar-refractivity contribution in [1.29, 1.82) is 0 Å². The van der Waals surface area contributed by atoms with Crippen molar-refractivity contribution < 1.29 is 0 Å². The summed E-state index contributed by atoms with van der Waals surface area (Å²) in [4.78, 5) is 2.62. The number of fused-ring (bicyclic) bond motifs is 13. The summed E-state index contributed by atoms with van der Waals surface area (Å²) in [6.45, 7) is 4.81. The summed E-state index contributed by atoms with van der Waals surface area (Å²) in [5, 5.41) is 0. The fourth-order valence-corrected chi connectivity index (χ4v) is 15.6. The molecular formula is C68H49N. The minimum Gasteiger partial charge on any atom is -0.309 e. The molecule has 0 radical (unpaired) electrons. The summed E-state index contributed by atoms with van der Waals surface area (Å²) < 4.78 is 0. The molecule has 0 amide bonds. The van der Waals surface area contributed by atoms with E-state index in [0.717, 1.165) is 0 Å². The summed E-state index contributed by atoms with van der Waals surface area (Å²) in [5.74, 6) is 4.12. The first-order valence-corrected chi connectivity index (χ1v) is 25.5. The Labute approximate surface area is 404 Å². The molecule has 326 valence electrons. The van der Waals surface area contributed by atoms with Crippen LogP contribution in [0.5, 0.6) is 0 Å². The number of para-hydroxylation sites is 1. The molecule has 1 heteroatoms. The van der Waals surface area contributed by atoms with Crippen molar-refractivity contribution in [2.45, 2.75) is 48.3 Å². The van der Waals surface area contributed by atoms with Gasteiger partial charge in [0, 0.05) is 34.1 Å².